The first-order chi connectivity index (χ1) is 9.81. The fourth-order valence-corrected chi connectivity index (χ4v) is 4.68. The van der Waals surface area contributed by atoms with Crippen molar-refractivity contribution in [2.75, 3.05) is 13.1 Å². The van der Waals surface area contributed by atoms with Gasteiger partial charge in [-0.2, -0.15) is 11.3 Å². The molecule has 0 spiro atoms. The van der Waals surface area contributed by atoms with Gasteiger partial charge in [0.2, 0.25) is 0 Å². The van der Waals surface area contributed by atoms with Crippen LogP contribution < -0.4 is 0 Å². The van der Waals surface area contributed by atoms with Crippen molar-refractivity contribution in [2.45, 2.75) is 63.3 Å². The predicted molar refractivity (Wildman–Crippen MR) is 84.3 cm³/mol. The van der Waals surface area contributed by atoms with Crippen molar-refractivity contribution in [2.24, 2.45) is 0 Å². The molecule has 0 bridgehead atoms. The summed E-state index contributed by atoms with van der Waals surface area (Å²) in [6.07, 6.45) is 10.2. The third kappa shape index (κ3) is 2.84. The van der Waals surface area contributed by atoms with Crippen LogP contribution in [0.15, 0.2) is 16.8 Å². The second-order valence-corrected chi connectivity index (χ2v) is 7.12. The van der Waals surface area contributed by atoms with E-state index in [0.717, 1.165) is 38.8 Å². The van der Waals surface area contributed by atoms with E-state index < -0.39 is 0 Å². The van der Waals surface area contributed by atoms with Gasteiger partial charge in [0.25, 0.3) is 0 Å². The van der Waals surface area contributed by atoms with E-state index >= 15 is 0 Å². The van der Waals surface area contributed by atoms with Crippen LogP contribution >= 0.6 is 11.3 Å². The number of aryl methyl sites for hydroxylation is 1. The zero-order valence-electron chi connectivity index (χ0n) is 12.3. The number of Topliss-reactive ketones (excluding diaryl/α,β-unsaturated/α-hetero) is 1. The number of hydrogen-bond acceptors (Lipinski definition) is 3. The van der Waals surface area contributed by atoms with Crippen molar-refractivity contribution >= 4 is 17.1 Å². The van der Waals surface area contributed by atoms with Gasteiger partial charge in [-0.1, -0.05) is 19.3 Å². The van der Waals surface area contributed by atoms with E-state index in [1.165, 1.54) is 37.7 Å². The van der Waals surface area contributed by atoms with Gasteiger partial charge in [-0.3, -0.25) is 9.69 Å². The summed E-state index contributed by atoms with van der Waals surface area (Å²) in [5.74, 6) is 0.517. The molecule has 0 radical (unpaired) electrons. The maximum Gasteiger partial charge on any atom is 0.153 e. The first-order valence-corrected chi connectivity index (χ1v) is 9.05. The van der Waals surface area contributed by atoms with E-state index in [-0.39, 0.29) is 5.54 Å². The van der Waals surface area contributed by atoms with Crippen LogP contribution in [0.25, 0.3) is 0 Å². The van der Waals surface area contributed by atoms with Gasteiger partial charge in [-0.15, -0.1) is 0 Å². The largest absolute Gasteiger partial charge is 0.298 e. The van der Waals surface area contributed by atoms with Crippen LogP contribution in [0.2, 0.25) is 0 Å². The molecule has 0 unspecified atom stereocenters. The van der Waals surface area contributed by atoms with Crippen LogP contribution in [0.5, 0.6) is 0 Å². The van der Waals surface area contributed by atoms with Crippen molar-refractivity contribution in [3.63, 3.8) is 0 Å². The molecule has 2 heterocycles. The summed E-state index contributed by atoms with van der Waals surface area (Å²) >= 11 is 1.73. The standard InChI is InChI=1S/C17H25NOS/c19-16(7-6-15-8-13-20-14-15)17(9-2-3-10-17)18-11-4-1-5-12-18/h8,13-14H,1-7,9-12H2. The van der Waals surface area contributed by atoms with E-state index in [4.69, 9.17) is 0 Å². The smallest absolute Gasteiger partial charge is 0.153 e. The number of hydrogen-bond donors (Lipinski definition) is 0. The Morgan fingerprint density at radius 1 is 1.15 bits per heavy atom. The normalized spacial score (nSPS) is 23.0. The molecule has 1 aliphatic carbocycles. The van der Waals surface area contributed by atoms with E-state index in [0.29, 0.717) is 5.78 Å². The summed E-state index contributed by atoms with van der Waals surface area (Å²) in [5.41, 5.74) is 1.24. The lowest BCUT2D eigenvalue weighted by Gasteiger charge is -2.42. The summed E-state index contributed by atoms with van der Waals surface area (Å²) in [4.78, 5) is 15.5. The minimum atomic E-state index is -0.0869. The lowest BCUT2D eigenvalue weighted by Crippen LogP contribution is -2.54. The third-order valence-electron chi connectivity index (χ3n) is 5.13. The Balaban J connectivity index is 1.67. The Labute approximate surface area is 126 Å². The van der Waals surface area contributed by atoms with E-state index in [1.807, 2.05) is 0 Å². The molecule has 3 rings (SSSR count). The van der Waals surface area contributed by atoms with Crippen LogP contribution in [0.1, 0.15) is 56.9 Å². The van der Waals surface area contributed by atoms with Crippen LogP contribution in [0, 0.1) is 0 Å². The molecule has 3 heteroatoms. The summed E-state index contributed by atoms with van der Waals surface area (Å²) < 4.78 is 0. The second kappa shape index (κ2) is 6.40. The van der Waals surface area contributed by atoms with Gasteiger partial charge in [0.15, 0.2) is 5.78 Å². The van der Waals surface area contributed by atoms with Crippen LogP contribution in [-0.4, -0.2) is 29.3 Å². The molecule has 0 aromatic carbocycles. The molecule has 20 heavy (non-hydrogen) atoms. The minimum absolute atomic E-state index is 0.0869. The molecular formula is C17H25NOS. The number of rotatable bonds is 5. The monoisotopic (exact) mass is 291 g/mol. The predicted octanol–water partition coefficient (Wildman–Crippen LogP) is 4.05. The molecule has 2 nitrogen and oxygen atoms in total. The van der Waals surface area contributed by atoms with Crippen molar-refractivity contribution < 1.29 is 4.79 Å². The number of likely N-dealkylation sites (tertiary alicyclic amines) is 1. The molecule has 0 N–H and O–H groups in total. The Morgan fingerprint density at radius 2 is 1.90 bits per heavy atom. The van der Waals surface area contributed by atoms with Gasteiger partial charge >= 0.3 is 0 Å². The SMILES string of the molecule is O=C(CCc1ccsc1)C1(N2CCCCC2)CCCC1. The molecule has 0 atom stereocenters. The zero-order valence-corrected chi connectivity index (χ0v) is 13.1. The molecule has 110 valence electrons. The van der Waals surface area contributed by atoms with Crippen LogP contribution in [-0.2, 0) is 11.2 Å². The highest BCUT2D eigenvalue weighted by atomic mass is 32.1. The molecule has 1 aromatic heterocycles. The highest BCUT2D eigenvalue weighted by molar-refractivity contribution is 7.07. The number of piperidine rings is 1. The van der Waals surface area contributed by atoms with Crippen LogP contribution in [0.3, 0.4) is 0 Å². The van der Waals surface area contributed by atoms with Gasteiger partial charge in [0.1, 0.15) is 0 Å². The molecule has 1 saturated carbocycles. The average Bonchev–Trinajstić information content (AvgIpc) is 3.18. The molecule has 2 fully saturated rings. The van der Waals surface area contributed by atoms with Crippen LogP contribution in [0.4, 0.5) is 0 Å². The van der Waals surface area contributed by atoms with E-state index in [9.17, 15) is 4.79 Å². The van der Waals surface area contributed by atoms with Gasteiger partial charge < -0.3 is 0 Å². The summed E-state index contributed by atoms with van der Waals surface area (Å²) in [6.45, 7) is 2.29. The average molecular weight is 291 g/mol. The fourth-order valence-electron chi connectivity index (χ4n) is 3.98. The number of carbonyl (C=O) groups is 1. The maximum absolute atomic E-state index is 12.9. The van der Waals surface area contributed by atoms with Gasteiger partial charge in [-0.25, -0.2) is 0 Å². The quantitative estimate of drug-likeness (QED) is 0.815. The maximum atomic E-state index is 12.9. The number of nitrogens with zero attached hydrogens (tertiary/aromatic N) is 1. The Kier molecular flexibility index (Phi) is 4.57. The lowest BCUT2D eigenvalue weighted by molar-refractivity contribution is -0.132. The van der Waals surface area contributed by atoms with Gasteiger partial charge in [-0.05, 0) is 67.6 Å². The van der Waals surface area contributed by atoms with Gasteiger partial charge in [0.05, 0.1) is 5.54 Å². The number of thiophene rings is 1. The molecule has 0 amide bonds. The van der Waals surface area contributed by atoms with E-state index in [2.05, 4.69) is 21.7 Å². The highest BCUT2D eigenvalue weighted by Crippen LogP contribution is 2.38. The molecule has 2 aliphatic rings. The topological polar surface area (TPSA) is 20.3 Å². The van der Waals surface area contributed by atoms with Crippen molar-refractivity contribution in [3.8, 4) is 0 Å². The van der Waals surface area contributed by atoms with Crippen molar-refractivity contribution in [1.82, 2.24) is 4.90 Å². The van der Waals surface area contributed by atoms with Crippen molar-refractivity contribution in [1.29, 1.82) is 0 Å². The Hall–Kier alpha value is -0.670. The molecular weight excluding hydrogens is 266 g/mol. The molecule has 1 saturated heterocycles. The lowest BCUT2D eigenvalue weighted by atomic mass is 9.85. The Bertz CT molecular complexity index is 428. The number of ketones is 1. The fraction of sp³-hybridized carbons (Fsp3) is 0.706. The van der Waals surface area contributed by atoms with E-state index in [1.54, 1.807) is 11.3 Å². The molecule has 1 aliphatic heterocycles. The third-order valence-corrected chi connectivity index (χ3v) is 5.86. The second-order valence-electron chi connectivity index (χ2n) is 6.34. The Morgan fingerprint density at radius 3 is 2.55 bits per heavy atom. The minimum Gasteiger partial charge on any atom is -0.298 e. The number of carbonyl (C=O) groups excluding carboxylic acids is 1. The van der Waals surface area contributed by atoms with Crippen molar-refractivity contribution in [3.05, 3.63) is 22.4 Å². The summed E-state index contributed by atoms with van der Waals surface area (Å²) in [6, 6.07) is 2.15. The summed E-state index contributed by atoms with van der Waals surface area (Å²) in [5, 5.41) is 4.28. The summed E-state index contributed by atoms with van der Waals surface area (Å²) in [7, 11) is 0. The molecule has 1 aromatic rings. The van der Waals surface area contributed by atoms with Gasteiger partial charge in [0, 0.05) is 6.42 Å². The first kappa shape index (κ1) is 14.3. The first-order valence-electron chi connectivity index (χ1n) is 8.11. The highest BCUT2D eigenvalue weighted by Gasteiger charge is 2.45. The zero-order chi connectivity index (χ0) is 13.8.